The van der Waals surface area contributed by atoms with E-state index in [1.807, 2.05) is 0 Å². The van der Waals surface area contributed by atoms with E-state index in [2.05, 4.69) is 19.4 Å². The van der Waals surface area contributed by atoms with E-state index in [4.69, 9.17) is 4.74 Å². The van der Waals surface area contributed by atoms with Crippen LogP contribution in [-0.2, 0) is 4.74 Å². The van der Waals surface area contributed by atoms with Crippen LogP contribution in [0.3, 0.4) is 0 Å². The molecule has 0 spiro atoms. The van der Waals surface area contributed by atoms with Crippen LogP contribution in [0.2, 0.25) is 0 Å². The van der Waals surface area contributed by atoms with Crippen molar-refractivity contribution in [3.63, 3.8) is 0 Å². The van der Waals surface area contributed by atoms with E-state index < -0.39 is 5.97 Å². The number of ether oxygens (including phenoxy) is 2. The third-order valence-corrected chi connectivity index (χ3v) is 1.13. The van der Waals surface area contributed by atoms with Gasteiger partial charge in [-0.2, -0.15) is 0 Å². The minimum Gasteiger partial charge on any atom is -0.460 e. The van der Waals surface area contributed by atoms with Gasteiger partial charge in [0.05, 0.1) is 13.2 Å². The molecule has 0 N–H and O–H groups in total. The molecule has 0 radical (unpaired) electrons. The highest BCUT2D eigenvalue weighted by atomic mass is 16.6. The number of rotatable bonds is 4. The quantitative estimate of drug-likeness (QED) is 0.642. The molecular formula is C7H10N2O4. The molecule has 6 nitrogen and oxygen atoms in total. The Labute approximate surface area is 74.8 Å². The van der Waals surface area contributed by atoms with Gasteiger partial charge in [-0.05, 0) is 19.0 Å². The Morgan fingerprint density at radius 2 is 2.23 bits per heavy atom. The van der Waals surface area contributed by atoms with Crippen LogP contribution < -0.4 is 4.74 Å². The van der Waals surface area contributed by atoms with Gasteiger partial charge in [-0.25, -0.2) is 4.79 Å². The average Bonchev–Trinajstić information content (AvgIpc) is 2.54. The summed E-state index contributed by atoms with van der Waals surface area (Å²) in [4.78, 5) is 14.6. The van der Waals surface area contributed by atoms with E-state index >= 15 is 0 Å². The highest BCUT2D eigenvalue weighted by Gasteiger charge is 2.15. The van der Waals surface area contributed by atoms with Gasteiger partial charge < -0.3 is 9.47 Å². The fourth-order valence-electron chi connectivity index (χ4n) is 0.670. The summed E-state index contributed by atoms with van der Waals surface area (Å²) in [5.41, 5.74) is 0. The number of aromatic nitrogens is 2. The lowest BCUT2D eigenvalue weighted by molar-refractivity contribution is 0.0508. The van der Waals surface area contributed by atoms with E-state index in [-0.39, 0.29) is 18.5 Å². The summed E-state index contributed by atoms with van der Waals surface area (Å²) in [5, 5.41) is 3.37. The lowest BCUT2D eigenvalue weighted by atomic mass is 10.6. The molecule has 0 aliphatic heterocycles. The number of hydrogen-bond acceptors (Lipinski definition) is 6. The van der Waals surface area contributed by atoms with E-state index in [0.29, 0.717) is 6.61 Å². The fraction of sp³-hybridized carbons (Fsp3) is 0.571. The van der Waals surface area contributed by atoms with E-state index in [0.717, 1.165) is 0 Å². The van der Waals surface area contributed by atoms with Gasteiger partial charge in [-0.15, -0.1) is 4.98 Å². The van der Waals surface area contributed by atoms with Crippen molar-refractivity contribution in [2.75, 3.05) is 13.2 Å². The molecular weight excluding hydrogens is 176 g/mol. The van der Waals surface area contributed by atoms with Crippen LogP contribution >= 0.6 is 0 Å². The largest absolute Gasteiger partial charge is 0.460 e. The number of carbonyl (C=O) groups is 1. The maximum absolute atomic E-state index is 11.0. The van der Waals surface area contributed by atoms with Crippen molar-refractivity contribution in [1.29, 1.82) is 0 Å². The molecule has 0 saturated heterocycles. The molecule has 0 unspecified atom stereocenters. The summed E-state index contributed by atoms with van der Waals surface area (Å²) >= 11 is 0. The third kappa shape index (κ3) is 2.43. The first-order valence-electron chi connectivity index (χ1n) is 3.91. The Balaban J connectivity index is 2.62. The highest BCUT2D eigenvalue weighted by molar-refractivity contribution is 5.84. The second-order valence-corrected chi connectivity index (χ2v) is 2.04. The Morgan fingerprint density at radius 1 is 1.46 bits per heavy atom. The SMILES string of the molecule is CCOC(=O)c1noc(OCC)n1. The average molecular weight is 186 g/mol. The van der Waals surface area contributed by atoms with Crippen LogP contribution in [0.4, 0.5) is 0 Å². The van der Waals surface area contributed by atoms with Crippen LogP contribution in [-0.4, -0.2) is 29.3 Å². The Kier molecular flexibility index (Phi) is 3.24. The molecule has 6 heteroatoms. The van der Waals surface area contributed by atoms with Gasteiger partial charge in [0.2, 0.25) is 0 Å². The Morgan fingerprint density at radius 3 is 2.85 bits per heavy atom. The van der Waals surface area contributed by atoms with Crippen molar-refractivity contribution in [1.82, 2.24) is 10.1 Å². The van der Waals surface area contributed by atoms with E-state index in [9.17, 15) is 4.79 Å². The van der Waals surface area contributed by atoms with E-state index in [1.54, 1.807) is 13.8 Å². The topological polar surface area (TPSA) is 74.5 Å². The maximum Gasteiger partial charge on any atom is 0.417 e. The second-order valence-electron chi connectivity index (χ2n) is 2.04. The number of carbonyl (C=O) groups excluding carboxylic acids is 1. The molecule has 1 heterocycles. The summed E-state index contributed by atoms with van der Waals surface area (Å²) in [5.74, 6) is -0.734. The summed E-state index contributed by atoms with van der Waals surface area (Å²) in [6.45, 7) is 4.15. The number of nitrogens with zero attached hydrogens (tertiary/aromatic N) is 2. The van der Waals surface area contributed by atoms with Crippen molar-refractivity contribution in [3.05, 3.63) is 5.82 Å². The van der Waals surface area contributed by atoms with Crippen LogP contribution in [0, 0.1) is 0 Å². The number of hydrogen-bond donors (Lipinski definition) is 0. The third-order valence-electron chi connectivity index (χ3n) is 1.13. The van der Waals surface area contributed by atoms with Crippen LogP contribution in [0.25, 0.3) is 0 Å². The predicted molar refractivity (Wildman–Crippen MR) is 41.4 cm³/mol. The molecule has 1 rings (SSSR count). The molecule has 72 valence electrons. The zero-order valence-electron chi connectivity index (χ0n) is 7.44. The first-order chi connectivity index (χ1) is 6.27. The molecule has 13 heavy (non-hydrogen) atoms. The fourth-order valence-corrected chi connectivity index (χ4v) is 0.670. The van der Waals surface area contributed by atoms with Crippen molar-refractivity contribution < 1.29 is 18.8 Å². The minimum atomic E-state index is -0.614. The van der Waals surface area contributed by atoms with Gasteiger partial charge in [-0.3, -0.25) is 4.52 Å². The molecule has 0 bridgehead atoms. The summed E-state index contributed by atoms with van der Waals surface area (Å²) in [6.07, 6.45) is -0.0226. The molecule has 0 fully saturated rings. The summed E-state index contributed by atoms with van der Waals surface area (Å²) in [7, 11) is 0. The molecule has 0 aliphatic rings. The smallest absolute Gasteiger partial charge is 0.417 e. The van der Waals surface area contributed by atoms with Crippen LogP contribution in [0.1, 0.15) is 24.5 Å². The lowest BCUT2D eigenvalue weighted by Crippen LogP contribution is -2.06. The van der Waals surface area contributed by atoms with Gasteiger partial charge in [-0.1, -0.05) is 0 Å². The molecule has 0 saturated carbocycles. The normalized spacial score (nSPS) is 9.69. The molecule has 0 aliphatic carbocycles. The van der Waals surface area contributed by atoms with Crippen LogP contribution in [0.5, 0.6) is 6.08 Å². The number of esters is 1. The molecule has 1 aromatic heterocycles. The van der Waals surface area contributed by atoms with Gasteiger partial charge >= 0.3 is 12.0 Å². The zero-order chi connectivity index (χ0) is 9.68. The van der Waals surface area contributed by atoms with Gasteiger partial charge in [0.15, 0.2) is 0 Å². The Hall–Kier alpha value is -1.59. The van der Waals surface area contributed by atoms with Crippen LogP contribution in [0.15, 0.2) is 4.52 Å². The molecule has 0 amide bonds. The predicted octanol–water partition coefficient (Wildman–Crippen LogP) is 0.645. The monoisotopic (exact) mass is 186 g/mol. The second kappa shape index (κ2) is 4.44. The van der Waals surface area contributed by atoms with Gasteiger partial charge in [0, 0.05) is 0 Å². The van der Waals surface area contributed by atoms with E-state index in [1.165, 1.54) is 0 Å². The lowest BCUT2D eigenvalue weighted by Gasteiger charge is -1.93. The summed E-state index contributed by atoms with van der Waals surface area (Å²) in [6, 6.07) is 0. The Bertz CT molecular complexity index is 284. The minimum absolute atomic E-state index is 0.0226. The highest BCUT2D eigenvalue weighted by Crippen LogP contribution is 2.06. The maximum atomic E-state index is 11.0. The summed E-state index contributed by atoms with van der Waals surface area (Å²) < 4.78 is 14.1. The first kappa shape index (κ1) is 9.50. The molecule has 0 atom stereocenters. The van der Waals surface area contributed by atoms with Gasteiger partial charge in [0.25, 0.3) is 5.82 Å². The zero-order valence-corrected chi connectivity index (χ0v) is 7.44. The van der Waals surface area contributed by atoms with Gasteiger partial charge in [0.1, 0.15) is 0 Å². The van der Waals surface area contributed by atoms with Crippen molar-refractivity contribution in [3.8, 4) is 6.08 Å². The molecule has 1 aromatic rings. The van der Waals surface area contributed by atoms with Crippen molar-refractivity contribution in [2.45, 2.75) is 13.8 Å². The van der Waals surface area contributed by atoms with Crippen molar-refractivity contribution >= 4 is 5.97 Å². The first-order valence-corrected chi connectivity index (χ1v) is 3.91. The van der Waals surface area contributed by atoms with Crippen molar-refractivity contribution in [2.24, 2.45) is 0 Å². The molecule has 0 aromatic carbocycles. The standard InChI is InChI=1S/C7H10N2O4/c1-3-11-6(10)5-8-7(12-4-2)13-9-5/h3-4H2,1-2H3.